The molecule has 0 aliphatic heterocycles. The van der Waals surface area contributed by atoms with Gasteiger partial charge in [-0.1, -0.05) is 31.0 Å². The summed E-state index contributed by atoms with van der Waals surface area (Å²) < 4.78 is 0. The predicted molar refractivity (Wildman–Crippen MR) is 90.8 cm³/mol. The molecule has 0 bridgehead atoms. The Morgan fingerprint density at radius 2 is 2.14 bits per heavy atom. The summed E-state index contributed by atoms with van der Waals surface area (Å²) >= 11 is 7.51. The van der Waals surface area contributed by atoms with E-state index in [1.807, 2.05) is 5.38 Å². The van der Waals surface area contributed by atoms with Gasteiger partial charge in [0.05, 0.1) is 11.6 Å². The summed E-state index contributed by atoms with van der Waals surface area (Å²) in [6, 6.07) is 9.51. The van der Waals surface area contributed by atoms with Crippen LogP contribution in [0.2, 0.25) is 0 Å². The first-order chi connectivity index (χ1) is 10.3. The van der Waals surface area contributed by atoms with Crippen molar-refractivity contribution in [2.45, 2.75) is 44.1 Å². The number of aromatic nitrogens is 1. The molecule has 0 saturated heterocycles. The van der Waals surface area contributed by atoms with E-state index in [2.05, 4.69) is 41.2 Å². The summed E-state index contributed by atoms with van der Waals surface area (Å²) in [4.78, 5) is 7.07. The van der Waals surface area contributed by atoms with Crippen molar-refractivity contribution >= 4 is 22.9 Å². The normalized spacial score (nSPS) is 16.0. The fraction of sp³-hybridized carbons (Fsp3) is 0.471. The molecule has 1 aromatic carbocycles. The van der Waals surface area contributed by atoms with Gasteiger partial charge in [0.25, 0.3) is 0 Å². The highest BCUT2D eigenvalue weighted by Crippen LogP contribution is 2.27. The van der Waals surface area contributed by atoms with Crippen molar-refractivity contribution in [2.24, 2.45) is 0 Å². The Morgan fingerprint density at radius 3 is 2.86 bits per heavy atom. The second kappa shape index (κ2) is 6.91. The molecule has 21 heavy (non-hydrogen) atoms. The minimum Gasteiger partial charge on any atom is -0.299 e. The zero-order chi connectivity index (χ0) is 14.7. The second-order valence-electron chi connectivity index (χ2n) is 5.83. The predicted octanol–water partition coefficient (Wildman–Crippen LogP) is 4.92. The van der Waals surface area contributed by atoms with Crippen LogP contribution in [0.3, 0.4) is 0 Å². The smallest absolute Gasteiger partial charge is 0.123 e. The number of thiazole rings is 1. The molecule has 1 saturated carbocycles. The van der Waals surface area contributed by atoms with Crippen LogP contribution in [0.4, 0.5) is 0 Å². The number of rotatable bonds is 5. The van der Waals surface area contributed by atoms with Crippen molar-refractivity contribution in [3.63, 3.8) is 0 Å². The Morgan fingerprint density at radius 1 is 1.33 bits per heavy atom. The molecule has 0 unspecified atom stereocenters. The Hall–Kier alpha value is -0.900. The molecule has 1 aromatic heterocycles. The lowest BCUT2D eigenvalue weighted by molar-refractivity contribution is 0.237. The van der Waals surface area contributed by atoms with Crippen molar-refractivity contribution in [2.75, 3.05) is 7.05 Å². The lowest BCUT2D eigenvalue weighted by atomic mass is 10.1. The van der Waals surface area contributed by atoms with E-state index in [1.165, 1.54) is 36.8 Å². The molecule has 1 aliphatic rings. The summed E-state index contributed by atoms with van der Waals surface area (Å²) in [7, 11) is 2.25. The molecule has 0 atom stereocenters. The maximum absolute atomic E-state index is 5.84. The molecule has 1 fully saturated rings. The molecular weight excluding hydrogens is 300 g/mol. The number of halogens is 1. The largest absolute Gasteiger partial charge is 0.299 e. The highest BCUT2D eigenvalue weighted by Gasteiger charge is 2.19. The molecule has 0 spiro atoms. The highest BCUT2D eigenvalue weighted by atomic mass is 35.5. The van der Waals surface area contributed by atoms with E-state index < -0.39 is 0 Å². The lowest BCUT2D eigenvalue weighted by Gasteiger charge is -2.24. The van der Waals surface area contributed by atoms with Gasteiger partial charge in [-0.2, -0.15) is 0 Å². The molecule has 2 aromatic rings. The van der Waals surface area contributed by atoms with Gasteiger partial charge in [-0.15, -0.1) is 22.9 Å². The Kier molecular flexibility index (Phi) is 4.94. The highest BCUT2D eigenvalue weighted by molar-refractivity contribution is 7.13. The van der Waals surface area contributed by atoms with Crippen molar-refractivity contribution < 1.29 is 0 Å². The maximum atomic E-state index is 5.84. The fourth-order valence-electron chi connectivity index (χ4n) is 3.07. The fourth-order valence-corrected chi connectivity index (χ4v) is 4.11. The molecule has 1 aliphatic carbocycles. The van der Waals surface area contributed by atoms with Crippen molar-refractivity contribution in [1.82, 2.24) is 9.88 Å². The SMILES string of the molecule is CN(Cc1cccc(-c2nc(CCl)cs2)c1)C1CCCC1. The van der Waals surface area contributed by atoms with E-state index in [9.17, 15) is 0 Å². The second-order valence-corrected chi connectivity index (χ2v) is 6.96. The van der Waals surface area contributed by atoms with Crippen molar-refractivity contribution in [3.8, 4) is 10.6 Å². The molecule has 4 heteroatoms. The van der Waals surface area contributed by atoms with Gasteiger partial charge in [0.1, 0.15) is 5.01 Å². The van der Waals surface area contributed by atoms with Gasteiger partial charge in [0.2, 0.25) is 0 Å². The quantitative estimate of drug-likeness (QED) is 0.727. The molecule has 1 heterocycles. The average molecular weight is 321 g/mol. The van der Waals surface area contributed by atoms with Crippen LogP contribution in [0.25, 0.3) is 10.6 Å². The van der Waals surface area contributed by atoms with E-state index in [-0.39, 0.29) is 0 Å². The third-order valence-electron chi connectivity index (χ3n) is 4.24. The van der Waals surface area contributed by atoms with Crippen LogP contribution in [0, 0.1) is 0 Å². The molecular formula is C17H21ClN2S. The van der Waals surface area contributed by atoms with Crippen LogP contribution >= 0.6 is 22.9 Å². The topological polar surface area (TPSA) is 16.1 Å². The van der Waals surface area contributed by atoms with Gasteiger partial charge < -0.3 is 0 Å². The Labute approximate surface area is 135 Å². The lowest BCUT2D eigenvalue weighted by Crippen LogP contribution is -2.28. The minimum absolute atomic E-state index is 0.487. The molecule has 0 N–H and O–H groups in total. The van der Waals surface area contributed by atoms with E-state index in [0.717, 1.165) is 23.3 Å². The molecule has 0 amide bonds. The summed E-state index contributed by atoms with van der Waals surface area (Å²) in [5.74, 6) is 0.487. The summed E-state index contributed by atoms with van der Waals surface area (Å²) in [5, 5.41) is 3.11. The zero-order valence-electron chi connectivity index (χ0n) is 12.4. The summed E-state index contributed by atoms with van der Waals surface area (Å²) in [5.41, 5.74) is 3.53. The van der Waals surface area contributed by atoms with Crippen LogP contribution in [0.15, 0.2) is 29.6 Å². The number of hydrogen-bond donors (Lipinski definition) is 0. The minimum atomic E-state index is 0.487. The third kappa shape index (κ3) is 3.65. The van der Waals surface area contributed by atoms with Crippen LogP contribution in [-0.4, -0.2) is 23.0 Å². The first-order valence-electron chi connectivity index (χ1n) is 7.56. The van der Waals surface area contributed by atoms with Crippen LogP contribution in [0.1, 0.15) is 36.9 Å². The van der Waals surface area contributed by atoms with Crippen LogP contribution < -0.4 is 0 Å². The number of alkyl halides is 1. The van der Waals surface area contributed by atoms with E-state index >= 15 is 0 Å². The zero-order valence-corrected chi connectivity index (χ0v) is 14.0. The van der Waals surface area contributed by atoms with E-state index in [4.69, 9.17) is 11.6 Å². The maximum Gasteiger partial charge on any atom is 0.123 e. The van der Waals surface area contributed by atoms with Crippen LogP contribution in [0.5, 0.6) is 0 Å². The van der Waals surface area contributed by atoms with Gasteiger partial charge in [-0.25, -0.2) is 4.98 Å². The number of benzene rings is 1. The Balaban J connectivity index is 1.73. The van der Waals surface area contributed by atoms with Gasteiger partial charge in [-0.3, -0.25) is 4.90 Å². The van der Waals surface area contributed by atoms with Gasteiger partial charge >= 0.3 is 0 Å². The number of nitrogens with zero attached hydrogens (tertiary/aromatic N) is 2. The average Bonchev–Trinajstić information content (AvgIpc) is 3.19. The van der Waals surface area contributed by atoms with Crippen molar-refractivity contribution in [3.05, 3.63) is 40.9 Å². The van der Waals surface area contributed by atoms with E-state index in [0.29, 0.717) is 5.88 Å². The van der Waals surface area contributed by atoms with Crippen LogP contribution in [-0.2, 0) is 12.4 Å². The van der Waals surface area contributed by atoms with Gasteiger partial charge in [0, 0.05) is 23.5 Å². The molecule has 2 nitrogen and oxygen atoms in total. The van der Waals surface area contributed by atoms with Crippen molar-refractivity contribution in [1.29, 1.82) is 0 Å². The Bertz CT molecular complexity index is 590. The summed E-state index contributed by atoms with van der Waals surface area (Å²) in [6.07, 6.45) is 5.47. The first kappa shape index (κ1) is 15.0. The van der Waals surface area contributed by atoms with E-state index in [1.54, 1.807) is 11.3 Å². The molecule has 3 rings (SSSR count). The standard InChI is InChI=1S/C17H21ClN2S/c1-20(16-7-2-3-8-16)11-13-5-4-6-14(9-13)17-19-15(10-18)12-21-17/h4-6,9,12,16H,2-3,7-8,10-11H2,1H3. The summed E-state index contributed by atoms with van der Waals surface area (Å²) in [6.45, 7) is 1.02. The van der Waals surface area contributed by atoms with Gasteiger partial charge in [0.15, 0.2) is 0 Å². The third-order valence-corrected chi connectivity index (χ3v) is 5.46. The molecule has 112 valence electrons. The number of hydrogen-bond acceptors (Lipinski definition) is 3. The molecule has 0 radical (unpaired) electrons. The first-order valence-corrected chi connectivity index (χ1v) is 8.97. The van der Waals surface area contributed by atoms with Gasteiger partial charge in [-0.05, 0) is 31.5 Å². The monoisotopic (exact) mass is 320 g/mol.